The Labute approximate surface area is 128 Å². The van der Waals surface area contributed by atoms with Crippen LogP contribution in [0.5, 0.6) is 11.5 Å². The third kappa shape index (κ3) is 2.38. The number of benzene rings is 2. The first-order valence-corrected chi connectivity index (χ1v) is 6.99. The Kier molecular flexibility index (Phi) is 3.62. The standard InChI is InChI=1S/C17H15NO2S/c1-19-13-8-9-14(20-2)17-16(13)12(10-15(21)18-17)11-6-4-3-5-7-11/h3-10H,1-2H3,(H,18,21). The molecule has 4 heteroatoms. The Bertz CT molecular complexity index is 841. The van der Waals surface area contributed by atoms with Gasteiger partial charge in [0.15, 0.2) is 0 Å². The number of ether oxygens (including phenoxy) is 2. The van der Waals surface area contributed by atoms with E-state index >= 15 is 0 Å². The van der Waals surface area contributed by atoms with E-state index in [4.69, 9.17) is 21.7 Å². The van der Waals surface area contributed by atoms with Gasteiger partial charge in [-0.2, -0.15) is 0 Å². The van der Waals surface area contributed by atoms with Gasteiger partial charge in [-0.25, -0.2) is 0 Å². The molecule has 0 radical (unpaired) electrons. The number of aromatic amines is 1. The SMILES string of the molecule is COc1ccc(OC)c2c(-c3ccccc3)cc(=S)[nH]c12. The minimum atomic E-state index is 0.660. The quantitative estimate of drug-likeness (QED) is 0.718. The van der Waals surface area contributed by atoms with Crippen LogP contribution >= 0.6 is 12.2 Å². The van der Waals surface area contributed by atoms with E-state index in [1.807, 2.05) is 36.4 Å². The van der Waals surface area contributed by atoms with Crippen LogP contribution in [0, 0.1) is 4.64 Å². The van der Waals surface area contributed by atoms with Gasteiger partial charge in [0.05, 0.1) is 25.1 Å². The molecule has 2 aromatic carbocycles. The zero-order valence-electron chi connectivity index (χ0n) is 11.8. The van der Waals surface area contributed by atoms with Gasteiger partial charge in [0.1, 0.15) is 16.1 Å². The van der Waals surface area contributed by atoms with Crippen molar-refractivity contribution in [3.05, 3.63) is 53.2 Å². The maximum absolute atomic E-state index is 5.52. The van der Waals surface area contributed by atoms with Crippen LogP contribution in [-0.4, -0.2) is 19.2 Å². The van der Waals surface area contributed by atoms with E-state index in [1.165, 1.54) is 0 Å². The molecule has 0 saturated heterocycles. The zero-order chi connectivity index (χ0) is 14.8. The van der Waals surface area contributed by atoms with Gasteiger partial charge < -0.3 is 14.5 Å². The van der Waals surface area contributed by atoms with Gasteiger partial charge in [0, 0.05) is 0 Å². The Balaban J connectivity index is 2.47. The number of rotatable bonds is 3. The van der Waals surface area contributed by atoms with Gasteiger partial charge >= 0.3 is 0 Å². The Morgan fingerprint density at radius 3 is 2.24 bits per heavy atom. The predicted molar refractivity (Wildman–Crippen MR) is 87.7 cm³/mol. The molecule has 1 aromatic heterocycles. The molecule has 0 saturated carbocycles. The van der Waals surface area contributed by atoms with Gasteiger partial charge in [-0.3, -0.25) is 0 Å². The zero-order valence-corrected chi connectivity index (χ0v) is 12.7. The van der Waals surface area contributed by atoms with Gasteiger partial charge in [0.25, 0.3) is 0 Å². The highest BCUT2D eigenvalue weighted by Crippen LogP contribution is 2.38. The van der Waals surface area contributed by atoms with E-state index in [9.17, 15) is 0 Å². The van der Waals surface area contributed by atoms with Crippen molar-refractivity contribution in [2.45, 2.75) is 0 Å². The van der Waals surface area contributed by atoms with Gasteiger partial charge in [-0.1, -0.05) is 42.5 Å². The van der Waals surface area contributed by atoms with E-state index < -0.39 is 0 Å². The summed E-state index contributed by atoms with van der Waals surface area (Å²) in [4.78, 5) is 3.20. The van der Waals surface area contributed by atoms with E-state index in [-0.39, 0.29) is 0 Å². The molecular weight excluding hydrogens is 282 g/mol. The molecule has 0 unspecified atom stereocenters. The lowest BCUT2D eigenvalue weighted by Gasteiger charge is -2.14. The van der Waals surface area contributed by atoms with Gasteiger partial charge in [-0.05, 0) is 29.3 Å². The summed E-state index contributed by atoms with van der Waals surface area (Å²) < 4.78 is 11.6. The molecule has 0 amide bonds. The molecular formula is C17H15NO2S. The number of fused-ring (bicyclic) bond motifs is 1. The number of aromatic nitrogens is 1. The Morgan fingerprint density at radius 1 is 0.905 bits per heavy atom. The fraction of sp³-hybridized carbons (Fsp3) is 0.118. The van der Waals surface area contributed by atoms with Crippen molar-refractivity contribution >= 4 is 23.1 Å². The lowest BCUT2D eigenvalue weighted by molar-refractivity contribution is 0.410. The molecule has 0 spiro atoms. The van der Waals surface area contributed by atoms with Gasteiger partial charge in [-0.15, -0.1) is 0 Å². The third-order valence-corrected chi connectivity index (χ3v) is 3.67. The van der Waals surface area contributed by atoms with Crippen LogP contribution in [-0.2, 0) is 0 Å². The van der Waals surface area contributed by atoms with Crippen LogP contribution in [0.4, 0.5) is 0 Å². The maximum atomic E-state index is 5.52. The first-order valence-electron chi connectivity index (χ1n) is 6.58. The number of pyridine rings is 1. The molecule has 3 nitrogen and oxygen atoms in total. The van der Waals surface area contributed by atoms with E-state index in [2.05, 4.69) is 17.1 Å². The van der Waals surface area contributed by atoms with E-state index in [0.717, 1.165) is 33.5 Å². The topological polar surface area (TPSA) is 34.2 Å². The summed E-state index contributed by atoms with van der Waals surface area (Å²) in [6.07, 6.45) is 0. The third-order valence-electron chi connectivity index (χ3n) is 3.45. The summed E-state index contributed by atoms with van der Waals surface area (Å²) in [5.41, 5.74) is 2.97. The molecule has 3 rings (SSSR count). The molecule has 1 heterocycles. The number of nitrogens with one attached hydrogen (secondary N) is 1. The van der Waals surface area contributed by atoms with Crippen molar-refractivity contribution in [2.24, 2.45) is 0 Å². The van der Waals surface area contributed by atoms with Crippen molar-refractivity contribution in [1.82, 2.24) is 4.98 Å². The number of methoxy groups -OCH3 is 2. The Hall–Kier alpha value is -2.33. The van der Waals surface area contributed by atoms with Crippen molar-refractivity contribution in [3.63, 3.8) is 0 Å². The van der Waals surface area contributed by atoms with Crippen LogP contribution in [0.3, 0.4) is 0 Å². The summed E-state index contributed by atoms with van der Waals surface area (Å²) in [7, 11) is 3.31. The minimum absolute atomic E-state index is 0.660. The average molecular weight is 297 g/mol. The van der Waals surface area contributed by atoms with E-state index in [1.54, 1.807) is 14.2 Å². The molecule has 0 aliphatic heterocycles. The normalized spacial score (nSPS) is 10.6. The van der Waals surface area contributed by atoms with Crippen LogP contribution in [0.2, 0.25) is 0 Å². The van der Waals surface area contributed by atoms with Crippen molar-refractivity contribution in [1.29, 1.82) is 0 Å². The highest BCUT2D eigenvalue weighted by Gasteiger charge is 2.13. The highest BCUT2D eigenvalue weighted by atomic mass is 32.1. The summed E-state index contributed by atoms with van der Waals surface area (Å²) in [6, 6.07) is 15.9. The van der Waals surface area contributed by atoms with Crippen molar-refractivity contribution in [2.75, 3.05) is 14.2 Å². The molecule has 106 valence electrons. The number of hydrogen-bond acceptors (Lipinski definition) is 3. The van der Waals surface area contributed by atoms with E-state index in [0.29, 0.717) is 4.64 Å². The molecule has 0 aliphatic rings. The number of hydrogen-bond donors (Lipinski definition) is 1. The van der Waals surface area contributed by atoms with Crippen molar-refractivity contribution < 1.29 is 9.47 Å². The lowest BCUT2D eigenvalue weighted by Crippen LogP contribution is -1.94. The van der Waals surface area contributed by atoms with Crippen LogP contribution in [0.1, 0.15) is 0 Å². The minimum Gasteiger partial charge on any atom is -0.496 e. The molecule has 0 aliphatic carbocycles. The smallest absolute Gasteiger partial charge is 0.143 e. The molecule has 3 aromatic rings. The molecule has 21 heavy (non-hydrogen) atoms. The fourth-order valence-electron chi connectivity index (χ4n) is 2.50. The first kappa shape index (κ1) is 13.6. The molecule has 0 bridgehead atoms. The predicted octanol–water partition coefficient (Wildman–Crippen LogP) is 4.58. The van der Waals surface area contributed by atoms with Crippen LogP contribution in [0.15, 0.2) is 48.5 Å². The molecule has 0 fully saturated rings. The Morgan fingerprint density at radius 2 is 1.57 bits per heavy atom. The number of H-pyrrole nitrogens is 1. The average Bonchev–Trinajstić information content (AvgIpc) is 2.53. The molecule has 1 N–H and O–H groups in total. The maximum Gasteiger partial charge on any atom is 0.143 e. The van der Waals surface area contributed by atoms with Gasteiger partial charge in [0.2, 0.25) is 0 Å². The first-order chi connectivity index (χ1) is 10.2. The second-order valence-electron chi connectivity index (χ2n) is 4.63. The summed E-state index contributed by atoms with van der Waals surface area (Å²) in [5, 5.41) is 0.969. The van der Waals surface area contributed by atoms with Crippen LogP contribution < -0.4 is 9.47 Å². The summed E-state index contributed by atoms with van der Waals surface area (Å²) in [6.45, 7) is 0. The summed E-state index contributed by atoms with van der Waals surface area (Å²) in [5.74, 6) is 1.53. The monoisotopic (exact) mass is 297 g/mol. The second-order valence-corrected chi connectivity index (χ2v) is 5.07. The highest BCUT2D eigenvalue weighted by molar-refractivity contribution is 7.71. The largest absolute Gasteiger partial charge is 0.496 e. The lowest BCUT2D eigenvalue weighted by atomic mass is 10.0. The second kappa shape index (κ2) is 5.58. The molecule has 0 atom stereocenters. The fourth-order valence-corrected chi connectivity index (χ4v) is 2.72. The summed E-state index contributed by atoms with van der Waals surface area (Å²) >= 11 is 5.36. The van der Waals surface area contributed by atoms with Crippen molar-refractivity contribution in [3.8, 4) is 22.6 Å². The van der Waals surface area contributed by atoms with Crippen LogP contribution in [0.25, 0.3) is 22.0 Å².